The van der Waals surface area contributed by atoms with Gasteiger partial charge in [0, 0.05) is 23.9 Å². The Morgan fingerprint density at radius 1 is 1.37 bits per heavy atom. The van der Waals surface area contributed by atoms with Gasteiger partial charge in [-0.2, -0.15) is 0 Å². The van der Waals surface area contributed by atoms with E-state index in [0.717, 1.165) is 38.3 Å². The standard InChI is InChI=1S/C14H19ClN2O2/c15-12-2-1-3-13(8-12)17-14(18)10-16-9-11-4-6-19-7-5-11/h1-3,8,11,16H,4-7,9-10H2,(H,17,18). The summed E-state index contributed by atoms with van der Waals surface area (Å²) in [4.78, 5) is 11.7. The van der Waals surface area contributed by atoms with Crippen molar-refractivity contribution in [2.45, 2.75) is 12.8 Å². The lowest BCUT2D eigenvalue weighted by Crippen LogP contribution is -2.33. The fourth-order valence-corrected chi connectivity index (χ4v) is 2.30. The first kappa shape index (κ1) is 14.3. The van der Waals surface area contributed by atoms with Gasteiger partial charge in [-0.1, -0.05) is 17.7 Å². The molecule has 0 atom stereocenters. The van der Waals surface area contributed by atoms with Crippen LogP contribution in [0.3, 0.4) is 0 Å². The van der Waals surface area contributed by atoms with Crippen LogP contribution in [0.5, 0.6) is 0 Å². The van der Waals surface area contributed by atoms with Crippen molar-refractivity contribution >= 4 is 23.2 Å². The number of nitrogens with one attached hydrogen (secondary N) is 2. The van der Waals surface area contributed by atoms with Crippen molar-refractivity contribution in [3.63, 3.8) is 0 Å². The molecule has 2 rings (SSSR count). The summed E-state index contributed by atoms with van der Waals surface area (Å²) in [6.45, 7) is 2.86. The zero-order valence-electron chi connectivity index (χ0n) is 10.8. The quantitative estimate of drug-likeness (QED) is 0.871. The van der Waals surface area contributed by atoms with E-state index in [1.807, 2.05) is 12.1 Å². The second-order valence-corrected chi connectivity index (χ2v) is 5.18. The first-order valence-corrected chi connectivity index (χ1v) is 6.96. The highest BCUT2D eigenvalue weighted by Crippen LogP contribution is 2.15. The average molecular weight is 283 g/mol. The fourth-order valence-electron chi connectivity index (χ4n) is 2.11. The lowest BCUT2D eigenvalue weighted by atomic mass is 10.0. The van der Waals surface area contributed by atoms with Crippen molar-refractivity contribution in [2.75, 3.05) is 31.6 Å². The Labute approximate surface area is 118 Å². The van der Waals surface area contributed by atoms with Gasteiger partial charge in [0.2, 0.25) is 5.91 Å². The molecule has 19 heavy (non-hydrogen) atoms. The van der Waals surface area contributed by atoms with Crippen molar-refractivity contribution in [3.8, 4) is 0 Å². The number of ether oxygens (including phenoxy) is 1. The van der Waals surface area contributed by atoms with Crippen LogP contribution in [-0.2, 0) is 9.53 Å². The molecule has 0 spiro atoms. The molecule has 0 radical (unpaired) electrons. The summed E-state index contributed by atoms with van der Waals surface area (Å²) < 4.78 is 5.30. The van der Waals surface area contributed by atoms with Gasteiger partial charge in [0.25, 0.3) is 0 Å². The second kappa shape index (κ2) is 7.48. The van der Waals surface area contributed by atoms with Gasteiger partial charge < -0.3 is 15.4 Å². The maximum absolute atomic E-state index is 11.7. The normalized spacial score (nSPS) is 16.3. The molecule has 0 aliphatic carbocycles. The Bertz CT molecular complexity index is 420. The van der Waals surface area contributed by atoms with Gasteiger partial charge in [-0.25, -0.2) is 0 Å². The van der Waals surface area contributed by atoms with E-state index in [2.05, 4.69) is 10.6 Å². The van der Waals surface area contributed by atoms with E-state index in [0.29, 0.717) is 17.5 Å². The molecule has 1 aromatic carbocycles. The van der Waals surface area contributed by atoms with E-state index in [1.54, 1.807) is 12.1 Å². The highest BCUT2D eigenvalue weighted by molar-refractivity contribution is 6.30. The summed E-state index contributed by atoms with van der Waals surface area (Å²) >= 11 is 5.86. The van der Waals surface area contributed by atoms with Crippen LogP contribution in [0.1, 0.15) is 12.8 Å². The monoisotopic (exact) mass is 282 g/mol. The third-order valence-electron chi connectivity index (χ3n) is 3.17. The lowest BCUT2D eigenvalue weighted by molar-refractivity contribution is -0.115. The van der Waals surface area contributed by atoms with E-state index >= 15 is 0 Å². The Kier molecular flexibility index (Phi) is 5.63. The minimum Gasteiger partial charge on any atom is -0.381 e. The number of benzene rings is 1. The minimum absolute atomic E-state index is 0.0469. The topological polar surface area (TPSA) is 50.4 Å². The highest BCUT2D eigenvalue weighted by atomic mass is 35.5. The average Bonchev–Trinajstić information content (AvgIpc) is 2.40. The van der Waals surface area contributed by atoms with Crippen LogP contribution in [0.2, 0.25) is 5.02 Å². The highest BCUT2D eigenvalue weighted by Gasteiger charge is 2.13. The first-order valence-electron chi connectivity index (χ1n) is 6.58. The van der Waals surface area contributed by atoms with Gasteiger partial charge in [0.1, 0.15) is 0 Å². The summed E-state index contributed by atoms with van der Waals surface area (Å²) in [7, 11) is 0. The molecule has 2 N–H and O–H groups in total. The molecule has 0 aromatic heterocycles. The van der Waals surface area contributed by atoms with Crippen molar-refractivity contribution in [1.82, 2.24) is 5.32 Å². The van der Waals surface area contributed by atoms with Gasteiger partial charge in [-0.3, -0.25) is 4.79 Å². The number of carbonyl (C=O) groups excluding carboxylic acids is 1. The molecule has 5 heteroatoms. The van der Waals surface area contributed by atoms with Crippen LogP contribution < -0.4 is 10.6 Å². The molecule has 0 saturated carbocycles. The molecule has 1 saturated heterocycles. The third kappa shape index (κ3) is 5.19. The molecule has 1 aliphatic heterocycles. The number of amides is 1. The fraction of sp³-hybridized carbons (Fsp3) is 0.500. The van der Waals surface area contributed by atoms with Crippen molar-refractivity contribution in [1.29, 1.82) is 0 Å². The van der Waals surface area contributed by atoms with Crippen LogP contribution in [0.15, 0.2) is 24.3 Å². The lowest BCUT2D eigenvalue weighted by Gasteiger charge is -2.22. The molecule has 0 bridgehead atoms. The summed E-state index contributed by atoms with van der Waals surface area (Å²) in [5, 5.41) is 6.62. The zero-order valence-corrected chi connectivity index (χ0v) is 11.6. The molecule has 104 valence electrons. The van der Waals surface area contributed by atoms with E-state index in [-0.39, 0.29) is 5.91 Å². The molecule has 1 fully saturated rings. The molecular weight excluding hydrogens is 264 g/mol. The molecule has 0 unspecified atom stereocenters. The third-order valence-corrected chi connectivity index (χ3v) is 3.40. The van der Waals surface area contributed by atoms with Crippen LogP contribution in [0.25, 0.3) is 0 Å². The maximum Gasteiger partial charge on any atom is 0.238 e. The smallest absolute Gasteiger partial charge is 0.238 e. The van der Waals surface area contributed by atoms with E-state index in [9.17, 15) is 4.79 Å². The number of anilines is 1. The van der Waals surface area contributed by atoms with Gasteiger partial charge in [-0.05, 0) is 43.5 Å². The molecule has 1 heterocycles. The predicted molar refractivity (Wildman–Crippen MR) is 76.5 cm³/mol. The SMILES string of the molecule is O=C(CNCC1CCOCC1)Nc1cccc(Cl)c1. The molecule has 1 amide bonds. The Hall–Kier alpha value is -1.10. The molecular formula is C14H19ClN2O2. The Morgan fingerprint density at radius 3 is 2.89 bits per heavy atom. The van der Waals surface area contributed by atoms with E-state index < -0.39 is 0 Å². The largest absolute Gasteiger partial charge is 0.381 e. The van der Waals surface area contributed by atoms with Crippen LogP contribution in [-0.4, -0.2) is 32.2 Å². The minimum atomic E-state index is -0.0469. The Balaban J connectivity index is 1.67. The summed E-state index contributed by atoms with van der Waals surface area (Å²) in [6, 6.07) is 7.15. The first-order chi connectivity index (χ1) is 9.24. The maximum atomic E-state index is 11.7. The van der Waals surface area contributed by atoms with Crippen LogP contribution in [0, 0.1) is 5.92 Å². The summed E-state index contributed by atoms with van der Waals surface area (Å²) in [6.07, 6.45) is 2.14. The van der Waals surface area contributed by atoms with Crippen molar-refractivity contribution < 1.29 is 9.53 Å². The van der Waals surface area contributed by atoms with Gasteiger partial charge in [-0.15, -0.1) is 0 Å². The van der Waals surface area contributed by atoms with Gasteiger partial charge in [0.05, 0.1) is 6.54 Å². The van der Waals surface area contributed by atoms with Crippen LogP contribution >= 0.6 is 11.6 Å². The van der Waals surface area contributed by atoms with Gasteiger partial charge >= 0.3 is 0 Å². The van der Waals surface area contributed by atoms with Crippen molar-refractivity contribution in [3.05, 3.63) is 29.3 Å². The number of carbonyl (C=O) groups is 1. The van der Waals surface area contributed by atoms with E-state index in [1.165, 1.54) is 0 Å². The molecule has 1 aliphatic rings. The zero-order chi connectivity index (χ0) is 13.5. The van der Waals surface area contributed by atoms with Crippen LogP contribution in [0.4, 0.5) is 5.69 Å². The molecule has 4 nitrogen and oxygen atoms in total. The summed E-state index contributed by atoms with van der Waals surface area (Å²) in [5.74, 6) is 0.571. The van der Waals surface area contributed by atoms with E-state index in [4.69, 9.17) is 16.3 Å². The number of rotatable bonds is 5. The Morgan fingerprint density at radius 2 is 2.16 bits per heavy atom. The molecule has 1 aromatic rings. The number of hydrogen-bond donors (Lipinski definition) is 2. The number of halogens is 1. The van der Waals surface area contributed by atoms with Gasteiger partial charge in [0.15, 0.2) is 0 Å². The summed E-state index contributed by atoms with van der Waals surface area (Å²) in [5.41, 5.74) is 0.727. The van der Waals surface area contributed by atoms with Crippen molar-refractivity contribution in [2.24, 2.45) is 5.92 Å². The second-order valence-electron chi connectivity index (χ2n) is 4.75. The number of hydrogen-bond acceptors (Lipinski definition) is 3. The predicted octanol–water partition coefficient (Wildman–Crippen LogP) is 2.29.